The van der Waals surface area contributed by atoms with E-state index < -0.39 is 0 Å². The first-order chi connectivity index (χ1) is 14.3. The molecule has 0 spiro atoms. The van der Waals surface area contributed by atoms with Crippen molar-refractivity contribution in [2.75, 3.05) is 5.32 Å². The molecule has 0 saturated heterocycles. The van der Waals surface area contributed by atoms with Crippen LogP contribution in [0.3, 0.4) is 0 Å². The van der Waals surface area contributed by atoms with Crippen molar-refractivity contribution in [1.29, 1.82) is 0 Å². The fourth-order valence-corrected chi connectivity index (χ4v) is 3.80. The highest BCUT2D eigenvalue weighted by Gasteiger charge is 2.22. The summed E-state index contributed by atoms with van der Waals surface area (Å²) in [7, 11) is 0. The van der Waals surface area contributed by atoms with E-state index in [1.165, 1.54) is 6.33 Å². The van der Waals surface area contributed by atoms with Crippen molar-refractivity contribution in [1.82, 2.24) is 9.97 Å². The van der Waals surface area contributed by atoms with Gasteiger partial charge in [-0.25, -0.2) is 9.97 Å². The van der Waals surface area contributed by atoms with Crippen molar-refractivity contribution in [2.45, 2.75) is 0 Å². The van der Waals surface area contributed by atoms with Crippen molar-refractivity contribution < 1.29 is 4.42 Å². The first kappa shape index (κ1) is 17.6. The number of anilines is 2. The van der Waals surface area contributed by atoms with Gasteiger partial charge in [-0.3, -0.25) is 0 Å². The van der Waals surface area contributed by atoms with E-state index in [9.17, 15) is 0 Å². The van der Waals surface area contributed by atoms with Crippen LogP contribution >= 0.6 is 15.9 Å². The van der Waals surface area contributed by atoms with Gasteiger partial charge >= 0.3 is 0 Å². The highest BCUT2D eigenvalue weighted by molar-refractivity contribution is 9.10. The second-order valence-electron chi connectivity index (χ2n) is 6.58. The molecule has 5 aromatic rings. The fraction of sp³-hybridized carbons (Fsp3) is 0. The largest absolute Gasteiger partial charge is 0.437 e. The van der Waals surface area contributed by atoms with Gasteiger partial charge in [0.2, 0.25) is 5.71 Å². The van der Waals surface area contributed by atoms with Crippen molar-refractivity contribution in [3.8, 4) is 22.5 Å². The van der Waals surface area contributed by atoms with E-state index in [1.54, 1.807) is 0 Å². The van der Waals surface area contributed by atoms with Crippen molar-refractivity contribution in [3.05, 3.63) is 95.7 Å². The van der Waals surface area contributed by atoms with E-state index in [0.29, 0.717) is 11.5 Å². The molecule has 0 bridgehead atoms. The summed E-state index contributed by atoms with van der Waals surface area (Å²) in [6.45, 7) is 0. The Bertz CT molecular complexity index is 1280. The smallest absolute Gasteiger partial charge is 0.232 e. The summed E-state index contributed by atoms with van der Waals surface area (Å²) >= 11 is 3.52. The SMILES string of the molecule is Brc1cccc(Nc2ncnc3oc(-c4ccccc4)c(-c4ccccc4)c23)c1. The lowest BCUT2D eigenvalue weighted by molar-refractivity contribution is 0.618. The maximum absolute atomic E-state index is 6.24. The molecular weight excluding hydrogens is 426 g/mol. The Morgan fingerprint density at radius 2 is 1.48 bits per heavy atom. The van der Waals surface area contributed by atoms with Crippen LogP contribution in [0.5, 0.6) is 0 Å². The summed E-state index contributed by atoms with van der Waals surface area (Å²) in [5.74, 6) is 1.49. The average molecular weight is 442 g/mol. The second kappa shape index (κ2) is 7.53. The molecule has 0 aliphatic rings. The molecule has 2 aromatic heterocycles. The Balaban J connectivity index is 1.77. The number of nitrogens with zero attached hydrogens (tertiary/aromatic N) is 2. The van der Waals surface area contributed by atoms with Gasteiger partial charge < -0.3 is 9.73 Å². The monoisotopic (exact) mass is 441 g/mol. The molecule has 0 fully saturated rings. The number of aromatic nitrogens is 2. The lowest BCUT2D eigenvalue weighted by Gasteiger charge is -2.09. The summed E-state index contributed by atoms with van der Waals surface area (Å²) < 4.78 is 7.24. The average Bonchev–Trinajstić information content (AvgIpc) is 3.16. The summed E-state index contributed by atoms with van der Waals surface area (Å²) in [6.07, 6.45) is 1.52. The quantitative estimate of drug-likeness (QED) is 0.324. The van der Waals surface area contributed by atoms with E-state index >= 15 is 0 Å². The Morgan fingerprint density at radius 3 is 2.21 bits per heavy atom. The molecule has 5 rings (SSSR count). The highest BCUT2D eigenvalue weighted by Crippen LogP contribution is 2.42. The molecule has 2 heterocycles. The molecule has 0 amide bonds. The molecule has 5 heteroatoms. The molecule has 1 N–H and O–H groups in total. The third kappa shape index (κ3) is 3.41. The van der Waals surface area contributed by atoms with E-state index in [1.807, 2.05) is 72.8 Å². The molecule has 0 aliphatic heterocycles. The zero-order valence-corrected chi connectivity index (χ0v) is 16.9. The van der Waals surface area contributed by atoms with Crippen LogP contribution in [0.25, 0.3) is 33.6 Å². The summed E-state index contributed by atoms with van der Waals surface area (Å²) in [5.41, 5.74) is 4.51. The van der Waals surface area contributed by atoms with Crippen LogP contribution in [-0.4, -0.2) is 9.97 Å². The third-order valence-corrected chi connectivity index (χ3v) is 5.17. The van der Waals surface area contributed by atoms with Crippen molar-refractivity contribution >= 4 is 38.5 Å². The van der Waals surface area contributed by atoms with Gasteiger partial charge in [0, 0.05) is 21.3 Å². The first-order valence-corrected chi connectivity index (χ1v) is 10.00. The Morgan fingerprint density at radius 1 is 0.759 bits per heavy atom. The number of fused-ring (bicyclic) bond motifs is 1. The minimum atomic E-state index is 0.551. The lowest BCUT2D eigenvalue weighted by atomic mass is 9.99. The first-order valence-electron chi connectivity index (χ1n) is 9.20. The zero-order valence-electron chi connectivity index (χ0n) is 15.3. The number of benzene rings is 3. The predicted molar refractivity (Wildman–Crippen MR) is 120 cm³/mol. The van der Waals surface area contributed by atoms with Crippen LogP contribution in [0, 0.1) is 0 Å². The fourth-order valence-electron chi connectivity index (χ4n) is 3.40. The van der Waals surface area contributed by atoms with Gasteiger partial charge in [-0.15, -0.1) is 0 Å². The summed E-state index contributed by atoms with van der Waals surface area (Å²) in [4.78, 5) is 8.93. The Hall–Kier alpha value is -3.44. The molecule has 29 heavy (non-hydrogen) atoms. The van der Waals surface area contributed by atoms with E-state index in [-0.39, 0.29) is 0 Å². The number of nitrogens with one attached hydrogen (secondary N) is 1. The molecule has 0 aliphatic carbocycles. The van der Waals surface area contributed by atoms with Crippen LogP contribution in [0.15, 0.2) is 100 Å². The number of hydrogen-bond acceptors (Lipinski definition) is 4. The summed E-state index contributed by atoms with van der Waals surface area (Å²) in [6, 6.07) is 28.3. The van der Waals surface area contributed by atoms with Crippen LogP contribution in [-0.2, 0) is 0 Å². The normalized spacial score (nSPS) is 10.9. The van der Waals surface area contributed by atoms with E-state index in [0.717, 1.165) is 38.0 Å². The number of furan rings is 1. The molecule has 3 aromatic carbocycles. The van der Waals surface area contributed by atoms with E-state index in [4.69, 9.17) is 4.42 Å². The minimum absolute atomic E-state index is 0.551. The minimum Gasteiger partial charge on any atom is -0.437 e. The summed E-state index contributed by atoms with van der Waals surface area (Å²) in [5, 5.41) is 4.28. The van der Waals surface area contributed by atoms with Gasteiger partial charge in [-0.2, -0.15) is 0 Å². The lowest BCUT2D eigenvalue weighted by Crippen LogP contribution is -1.95. The van der Waals surface area contributed by atoms with Crippen LogP contribution < -0.4 is 5.32 Å². The van der Waals surface area contributed by atoms with Crippen LogP contribution in [0.1, 0.15) is 0 Å². The van der Waals surface area contributed by atoms with Gasteiger partial charge in [-0.05, 0) is 23.8 Å². The zero-order chi connectivity index (χ0) is 19.6. The van der Waals surface area contributed by atoms with Crippen molar-refractivity contribution in [3.63, 3.8) is 0 Å². The van der Waals surface area contributed by atoms with Crippen molar-refractivity contribution in [2.24, 2.45) is 0 Å². The van der Waals surface area contributed by atoms with E-state index in [2.05, 4.69) is 43.3 Å². The third-order valence-electron chi connectivity index (χ3n) is 4.67. The topological polar surface area (TPSA) is 51.0 Å². The predicted octanol–water partition coefficient (Wildman–Crippen LogP) is 7.06. The number of hydrogen-bond donors (Lipinski definition) is 1. The molecule has 0 unspecified atom stereocenters. The van der Waals surface area contributed by atoms with Gasteiger partial charge in [0.1, 0.15) is 17.9 Å². The van der Waals surface area contributed by atoms with Gasteiger partial charge in [0.05, 0.1) is 5.39 Å². The molecule has 0 saturated carbocycles. The molecule has 0 atom stereocenters. The number of halogens is 1. The Labute approximate surface area is 176 Å². The highest BCUT2D eigenvalue weighted by atomic mass is 79.9. The maximum atomic E-state index is 6.24. The molecule has 4 nitrogen and oxygen atoms in total. The second-order valence-corrected chi connectivity index (χ2v) is 7.49. The van der Waals surface area contributed by atoms with Crippen LogP contribution in [0.4, 0.5) is 11.5 Å². The van der Waals surface area contributed by atoms with Gasteiger partial charge in [0.25, 0.3) is 0 Å². The van der Waals surface area contributed by atoms with Gasteiger partial charge in [0.15, 0.2) is 0 Å². The molecule has 140 valence electrons. The Kier molecular flexibility index (Phi) is 4.58. The van der Waals surface area contributed by atoms with Gasteiger partial charge in [-0.1, -0.05) is 82.7 Å². The van der Waals surface area contributed by atoms with Crippen LogP contribution in [0.2, 0.25) is 0 Å². The number of rotatable bonds is 4. The molecular formula is C24H16BrN3O. The standard InChI is InChI=1S/C24H16BrN3O/c25-18-12-7-13-19(14-18)28-23-21-20(16-8-3-1-4-9-16)22(17-10-5-2-6-11-17)29-24(21)27-15-26-23/h1-15H,(H,26,27,28). The molecule has 0 radical (unpaired) electrons. The maximum Gasteiger partial charge on any atom is 0.232 e.